The molecule has 0 fully saturated rings. The van der Waals surface area contributed by atoms with E-state index in [0.717, 1.165) is 10.8 Å². The molecule has 3 nitrogen and oxygen atoms in total. The Hall–Kier alpha value is -0.770. The van der Waals surface area contributed by atoms with Crippen LogP contribution in [0.15, 0.2) is 28.5 Å². The normalized spacial score (nSPS) is 9.33. The molecule has 1 aromatic rings. The van der Waals surface area contributed by atoms with Crippen LogP contribution in [0.1, 0.15) is 0 Å². The lowest BCUT2D eigenvalue weighted by molar-refractivity contribution is 0.392. The van der Waals surface area contributed by atoms with Gasteiger partial charge in [-0.3, -0.25) is 0 Å². The SMILES string of the molecule is C=CCSc1conn1. The highest BCUT2D eigenvalue weighted by Crippen LogP contribution is 2.12. The second-order valence-electron chi connectivity index (χ2n) is 1.34. The Morgan fingerprint density at radius 1 is 1.89 bits per heavy atom. The molecule has 0 radical (unpaired) electrons. The number of thioether (sulfide) groups is 1. The Balaban J connectivity index is 2.38. The van der Waals surface area contributed by atoms with Gasteiger partial charge in [-0.25, -0.2) is 0 Å². The largest absolute Gasteiger partial charge is 0.344 e. The van der Waals surface area contributed by atoms with E-state index in [1.165, 1.54) is 6.26 Å². The average Bonchev–Trinajstić information content (AvgIpc) is 2.34. The topological polar surface area (TPSA) is 38.9 Å². The van der Waals surface area contributed by atoms with Crippen molar-refractivity contribution in [1.82, 2.24) is 10.4 Å². The summed E-state index contributed by atoms with van der Waals surface area (Å²) < 4.78 is 4.50. The Bertz CT molecular complexity index is 173. The third-order valence-electron chi connectivity index (χ3n) is 0.689. The van der Waals surface area contributed by atoms with Crippen molar-refractivity contribution in [2.24, 2.45) is 0 Å². The standard InChI is InChI=1S/C5H6N2OS/c1-2-3-9-5-4-8-7-6-5/h2,4H,1,3H2. The molecule has 0 aliphatic rings. The van der Waals surface area contributed by atoms with E-state index in [0.29, 0.717) is 0 Å². The van der Waals surface area contributed by atoms with Crippen molar-refractivity contribution in [3.05, 3.63) is 18.9 Å². The van der Waals surface area contributed by atoms with Crippen LogP contribution in [0.4, 0.5) is 0 Å². The first-order valence-electron chi connectivity index (χ1n) is 2.44. The van der Waals surface area contributed by atoms with E-state index in [9.17, 15) is 0 Å². The molecule has 4 heteroatoms. The summed E-state index contributed by atoms with van der Waals surface area (Å²) in [6, 6.07) is 0. The first kappa shape index (κ1) is 6.35. The van der Waals surface area contributed by atoms with Crippen LogP contribution in [-0.4, -0.2) is 16.1 Å². The van der Waals surface area contributed by atoms with E-state index in [1.54, 1.807) is 17.8 Å². The lowest BCUT2D eigenvalue weighted by Crippen LogP contribution is -1.71. The van der Waals surface area contributed by atoms with Crippen LogP contribution < -0.4 is 0 Å². The van der Waals surface area contributed by atoms with Crippen molar-refractivity contribution in [2.75, 3.05) is 5.75 Å². The Morgan fingerprint density at radius 3 is 3.33 bits per heavy atom. The molecular formula is C5H6N2OS. The Morgan fingerprint density at radius 2 is 2.78 bits per heavy atom. The molecule has 48 valence electrons. The molecule has 0 saturated carbocycles. The van der Waals surface area contributed by atoms with Crippen LogP contribution in [0.25, 0.3) is 0 Å². The third-order valence-corrected chi connectivity index (χ3v) is 1.57. The zero-order valence-corrected chi connectivity index (χ0v) is 5.60. The highest BCUT2D eigenvalue weighted by atomic mass is 32.2. The van der Waals surface area contributed by atoms with E-state index in [4.69, 9.17) is 0 Å². The van der Waals surface area contributed by atoms with Crippen LogP contribution in [0.5, 0.6) is 0 Å². The van der Waals surface area contributed by atoms with Crippen LogP contribution in [-0.2, 0) is 0 Å². The fraction of sp³-hybridized carbons (Fsp3) is 0.200. The molecule has 0 amide bonds. The van der Waals surface area contributed by atoms with Gasteiger partial charge in [0.2, 0.25) is 0 Å². The van der Waals surface area contributed by atoms with Gasteiger partial charge in [0.1, 0.15) is 0 Å². The van der Waals surface area contributed by atoms with Crippen LogP contribution in [0.2, 0.25) is 0 Å². The van der Waals surface area contributed by atoms with E-state index in [2.05, 4.69) is 21.5 Å². The minimum atomic E-state index is 0.801. The summed E-state index contributed by atoms with van der Waals surface area (Å²) in [5, 5.41) is 7.75. The van der Waals surface area contributed by atoms with Crippen molar-refractivity contribution in [3.8, 4) is 0 Å². The van der Waals surface area contributed by atoms with Gasteiger partial charge in [0.25, 0.3) is 0 Å². The number of hydrogen-bond acceptors (Lipinski definition) is 4. The molecule has 0 unspecified atom stereocenters. The van der Waals surface area contributed by atoms with Gasteiger partial charge in [-0.1, -0.05) is 17.8 Å². The van der Waals surface area contributed by atoms with Crippen molar-refractivity contribution >= 4 is 11.8 Å². The fourth-order valence-electron chi connectivity index (χ4n) is 0.363. The van der Waals surface area contributed by atoms with Gasteiger partial charge in [0, 0.05) is 11.0 Å². The van der Waals surface area contributed by atoms with E-state index < -0.39 is 0 Å². The summed E-state index contributed by atoms with van der Waals surface area (Å²) in [5.74, 6) is 0.841. The van der Waals surface area contributed by atoms with E-state index in [1.807, 2.05) is 0 Å². The number of hydrogen-bond donors (Lipinski definition) is 0. The predicted molar refractivity (Wildman–Crippen MR) is 35.2 cm³/mol. The highest BCUT2D eigenvalue weighted by Gasteiger charge is 1.93. The summed E-state index contributed by atoms with van der Waals surface area (Å²) in [6.45, 7) is 3.56. The highest BCUT2D eigenvalue weighted by molar-refractivity contribution is 7.99. The molecular weight excluding hydrogens is 136 g/mol. The maximum Gasteiger partial charge on any atom is 0.160 e. The van der Waals surface area contributed by atoms with Crippen LogP contribution in [0.3, 0.4) is 0 Å². The van der Waals surface area contributed by atoms with Crippen molar-refractivity contribution in [2.45, 2.75) is 5.03 Å². The zero-order valence-electron chi connectivity index (χ0n) is 4.78. The maximum absolute atomic E-state index is 4.50. The second kappa shape index (κ2) is 3.29. The number of nitrogens with zero attached hydrogens (tertiary/aromatic N) is 2. The molecule has 0 spiro atoms. The van der Waals surface area contributed by atoms with Crippen LogP contribution in [0, 0.1) is 0 Å². The van der Waals surface area contributed by atoms with Crippen LogP contribution >= 0.6 is 11.8 Å². The van der Waals surface area contributed by atoms with Gasteiger partial charge in [0.15, 0.2) is 11.3 Å². The van der Waals surface area contributed by atoms with E-state index in [-0.39, 0.29) is 0 Å². The summed E-state index contributed by atoms with van der Waals surface area (Å²) >= 11 is 1.54. The minimum absolute atomic E-state index is 0.801. The minimum Gasteiger partial charge on any atom is -0.344 e. The Labute approximate surface area is 57.1 Å². The molecule has 1 aromatic heterocycles. The summed E-state index contributed by atoms with van der Waals surface area (Å²) in [5.41, 5.74) is 0. The van der Waals surface area contributed by atoms with Gasteiger partial charge in [0.05, 0.1) is 0 Å². The monoisotopic (exact) mass is 142 g/mol. The molecule has 1 heterocycles. The smallest absolute Gasteiger partial charge is 0.160 e. The van der Waals surface area contributed by atoms with Gasteiger partial charge in [-0.05, 0) is 0 Å². The molecule has 1 rings (SSSR count). The fourth-order valence-corrected chi connectivity index (χ4v) is 0.854. The summed E-state index contributed by atoms with van der Waals surface area (Å²) in [6.07, 6.45) is 3.31. The molecule has 0 aromatic carbocycles. The number of rotatable bonds is 3. The quantitative estimate of drug-likeness (QED) is 0.471. The van der Waals surface area contributed by atoms with Crippen molar-refractivity contribution < 1.29 is 4.52 Å². The number of aromatic nitrogens is 2. The first-order chi connectivity index (χ1) is 4.43. The average molecular weight is 142 g/mol. The van der Waals surface area contributed by atoms with Gasteiger partial charge < -0.3 is 4.52 Å². The summed E-state index contributed by atoms with van der Waals surface area (Å²) in [7, 11) is 0. The molecule has 0 atom stereocenters. The van der Waals surface area contributed by atoms with Crippen molar-refractivity contribution in [3.63, 3.8) is 0 Å². The summed E-state index contributed by atoms with van der Waals surface area (Å²) in [4.78, 5) is 0. The van der Waals surface area contributed by atoms with E-state index >= 15 is 0 Å². The van der Waals surface area contributed by atoms with Gasteiger partial charge in [-0.15, -0.1) is 11.7 Å². The third kappa shape index (κ3) is 1.89. The second-order valence-corrected chi connectivity index (χ2v) is 2.38. The lowest BCUT2D eigenvalue weighted by atomic mass is 10.8. The molecule has 9 heavy (non-hydrogen) atoms. The van der Waals surface area contributed by atoms with Gasteiger partial charge in [-0.2, -0.15) is 0 Å². The predicted octanol–water partition coefficient (Wildman–Crippen LogP) is 1.35. The molecule has 0 aliphatic carbocycles. The molecule has 0 aliphatic heterocycles. The Kier molecular flexibility index (Phi) is 2.32. The molecule has 0 N–H and O–H groups in total. The zero-order chi connectivity index (χ0) is 6.53. The van der Waals surface area contributed by atoms with Gasteiger partial charge >= 0.3 is 0 Å². The van der Waals surface area contributed by atoms with Crippen molar-refractivity contribution in [1.29, 1.82) is 0 Å². The first-order valence-corrected chi connectivity index (χ1v) is 3.43. The maximum atomic E-state index is 4.50. The lowest BCUT2D eigenvalue weighted by Gasteiger charge is -1.83. The molecule has 0 bridgehead atoms. The molecule has 0 saturated heterocycles.